The average molecular weight is 497 g/mol. The lowest BCUT2D eigenvalue weighted by molar-refractivity contribution is -0.314. The summed E-state index contributed by atoms with van der Waals surface area (Å²) in [5, 5.41) is 0. The number of fused-ring (bicyclic) bond motifs is 4. The van der Waals surface area contributed by atoms with E-state index in [1.807, 2.05) is 18.4 Å². The topological polar surface area (TPSA) is 17.1 Å². The van der Waals surface area contributed by atoms with Crippen LogP contribution in [0.1, 0.15) is 63.4 Å². The quantitative estimate of drug-likeness (QED) is 0.310. The van der Waals surface area contributed by atoms with E-state index in [1.54, 1.807) is 24.8 Å². The molecule has 2 unspecified atom stereocenters. The zero-order valence-corrected chi connectivity index (χ0v) is 20.2. The minimum Gasteiger partial charge on any atom is -0.295 e. The highest BCUT2D eigenvalue weighted by Crippen LogP contribution is 2.67. The molecule has 0 aliphatic heterocycles. The lowest BCUT2D eigenvalue weighted by Gasteiger charge is -2.51. The molecule has 0 saturated heterocycles. The summed E-state index contributed by atoms with van der Waals surface area (Å²) in [6, 6.07) is 8.22. The fraction of sp³-hybridized carbons (Fsp3) is 0.593. The third kappa shape index (κ3) is 3.59. The van der Waals surface area contributed by atoms with Gasteiger partial charge in [-0.1, -0.05) is 24.6 Å². The average Bonchev–Trinajstić information content (AvgIpc) is 3.15. The second-order valence-corrected chi connectivity index (χ2v) is 11.5. The first kappa shape index (κ1) is 24.1. The molecule has 5 rings (SSSR count). The number of benzene rings is 1. The minimum absolute atomic E-state index is 0.0149. The van der Waals surface area contributed by atoms with Gasteiger partial charge in [0.05, 0.1) is 0 Å². The van der Waals surface area contributed by atoms with Crippen LogP contribution in [-0.4, -0.2) is 24.1 Å². The van der Waals surface area contributed by atoms with E-state index >= 15 is 0 Å². The molecule has 0 amide bonds. The van der Waals surface area contributed by atoms with E-state index in [-0.39, 0.29) is 30.0 Å². The fourth-order valence-corrected chi connectivity index (χ4v) is 7.95. The summed E-state index contributed by atoms with van der Waals surface area (Å²) in [5.41, 5.74) is 3.46. The first-order valence-electron chi connectivity index (χ1n) is 12.0. The summed E-state index contributed by atoms with van der Waals surface area (Å²) in [7, 11) is 0. The van der Waals surface area contributed by atoms with E-state index in [9.17, 15) is 26.7 Å². The van der Waals surface area contributed by atoms with Crippen molar-refractivity contribution in [1.82, 2.24) is 0 Å². The van der Waals surface area contributed by atoms with Crippen LogP contribution in [0.15, 0.2) is 52.0 Å². The van der Waals surface area contributed by atoms with Crippen LogP contribution in [0.4, 0.5) is 22.0 Å². The third-order valence-electron chi connectivity index (χ3n) is 9.12. The largest absolute Gasteiger partial charge is 0.453 e. The van der Waals surface area contributed by atoms with E-state index in [4.69, 9.17) is 0 Å². The summed E-state index contributed by atoms with van der Waals surface area (Å²) in [4.78, 5) is 13.7. The maximum absolute atomic E-state index is 14.5. The van der Waals surface area contributed by atoms with E-state index in [2.05, 4.69) is 12.1 Å². The van der Waals surface area contributed by atoms with Crippen molar-refractivity contribution in [3.8, 4) is 0 Å². The Morgan fingerprint density at radius 3 is 2.35 bits per heavy atom. The highest BCUT2D eigenvalue weighted by atomic mass is 32.2. The van der Waals surface area contributed by atoms with E-state index in [0.29, 0.717) is 32.1 Å². The predicted octanol–water partition coefficient (Wildman–Crippen LogP) is 8.12. The van der Waals surface area contributed by atoms with Gasteiger partial charge >= 0.3 is 12.1 Å². The van der Waals surface area contributed by atoms with Crippen LogP contribution < -0.4 is 0 Å². The third-order valence-corrected chi connectivity index (χ3v) is 9.86. The molecule has 0 bridgehead atoms. The zero-order chi connectivity index (χ0) is 24.5. The van der Waals surface area contributed by atoms with Crippen molar-refractivity contribution in [3.63, 3.8) is 0 Å². The summed E-state index contributed by atoms with van der Waals surface area (Å²) < 4.78 is 69.0. The number of ketones is 1. The van der Waals surface area contributed by atoms with Crippen molar-refractivity contribution in [3.05, 3.63) is 52.6 Å². The Balaban J connectivity index is 1.54. The summed E-state index contributed by atoms with van der Waals surface area (Å²) in [6.07, 6.45) is 1.19. The zero-order valence-electron chi connectivity index (χ0n) is 19.4. The number of rotatable bonds is 3. The van der Waals surface area contributed by atoms with Gasteiger partial charge in [0.15, 0.2) is 5.78 Å². The normalized spacial score (nSPS) is 33.9. The van der Waals surface area contributed by atoms with Crippen molar-refractivity contribution in [2.24, 2.45) is 23.2 Å². The maximum atomic E-state index is 14.5. The molecule has 34 heavy (non-hydrogen) atoms. The number of hydrogen-bond acceptors (Lipinski definition) is 2. The Morgan fingerprint density at radius 1 is 1.00 bits per heavy atom. The maximum Gasteiger partial charge on any atom is 0.453 e. The predicted molar refractivity (Wildman–Crippen MR) is 123 cm³/mol. The molecular formula is C27H29F5OS. The molecule has 1 aromatic carbocycles. The molecule has 4 aliphatic rings. The number of carbonyl (C=O) groups excluding carboxylic acids is 1. The Labute approximate surface area is 201 Å². The first-order valence-corrected chi connectivity index (χ1v) is 13.2. The van der Waals surface area contributed by atoms with Crippen molar-refractivity contribution in [1.29, 1.82) is 0 Å². The van der Waals surface area contributed by atoms with E-state index < -0.39 is 23.4 Å². The van der Waals surface area contributed by atoms with Crippen molar-refractivity contribution < 1.29 is 26.7 Å². The number of allylic oxidation sites excluding steroid dienone is 4. The lowest BCUT2D eigenvalue weighted by atomic mass is 9.54. The number of halogens is 5. The molecule has 0 radical (unpaired) electrons. The fourth-order valence-electron chi connectivity index (χ4n) is 7.55. The van der Waals surface area contributed by atoms with Gasteiger partial charge in [0.2, 0.25) is 0 Å². The lowest BCUT2D eigenvalue weighted by Crippen LogP contribution is -2.51. The molecule has 2 saturated carbocycles. The van der Waals surface area contributed by atoms with Crippen LogP contribution in [0.5, 0.6) is 0 Å². The highest BCUT2D eigenvalue weighted by Gasteiger charge is 2.70. The van der Waals surface area contributed by atoms with Gasteiger partial charge in [-0.3, -0.25) is 4.79 Å². The number of carbonyl (C=O) groups is 1. The molecule has 1 nitrogen and oxygen atoms in total. The minimum atomic E-state index is -5.52. The van der Waals surface area contributed by atoms with Crippen LogP contribution in [-0.2, 0) is 4.79 Å². The van der Waals surface area contributed by atoms with Crippen molar-refractivity contribution in [2.45, 2.75) is 74.8 Å². The summed E-state index contributed by atoms with van der Waals surface area (Å²) >= 11 is 1.65. The Kier molecular flexibility index (Phi) is 5.81. The van der Waals surface area contributed by atoms with Crippen LogP contribution >= 0.6 is 11.8 Å². The van der Waals surface area contributed by atoms with Crippen molar-refractivity contribution >= 4 is 17.5 Å². The van der Waals surface area contributed by atoms with Crippen LogP contribution in [0.3, 0.4) is 0 Å². The van der Waals surface area contributed by atoms with Crippen LogP contribution in [0, 0.1) is 23.2 Å². The Hall–Kier alpha value is -1.63. The Morgan fingerprint density at radius 2 is 1.71 bits per heavy atom. The molecule has 5 atom stereocenters. The van der Waals surface area contributed by atoms with E-state index in [0.717, 1.165) is 22.5 Å². The second kappa shape index (κ2) is 8.21. The second-order valence-electron chi connectivity index (χ2n) is 10.6. The number of hydrogen-bond donors (Lipinski definition) is 0. The molecule has 7 heteroatoms. The molecule has 2 fully saturated rings. The van der Waals surface area contributed by atoms with Gasteiger partial charge in [-0.25, -0.2) is 0 Å². The van der Waals surface area contributed by atoms with Gasteiger partial charge in [-0.15, -0.1) is 11.8 Å². The highest BCUT2D eigenvalue weighted by molar-refractivity contribution is 7.98. The number of alkyl halides is 5. The van der Waals surface area contributed by atoms with Gasteiger partial charge in [0.25, 0.3) is 0 Å². The van der Waals surface area contributed by atoms with Gasteiger partial charge in [0, 0.05) is 23.2 Å². The van der Waals surface area contributed by atoms with E-state index in [1.165, 1.54) is 11.1 Å². The van der Waals surface area contributed by atoms with Gasteiger partial charge in [-0.2, -0.15) is 22.0 Å². The first-order chi connectivity index (χ1) is 16.0. The van der Waals surface area contributed by atoms with Gasteiger partial charge in [-0.05, 0) is 96.9 Å². The summed E-state index contributed by atoms with van der Waals surface area (Å²) in [5.74, 6) is -6.47. The molecular weight excluding hydrogens is 467 g/mol. The summed E-state index contributed by atoms with van der Waals surface area (Å²) in [6.45, 7) is 1.67. The van der Waals surface area contributed by atoms with Gasteiger partial charge < -0.3 is 0 Å². The monoisotopic (exact) mass is 496 g/mol. The number of thioether (sulfide) groups is 1. The molecule has 0 N–H and O–H groups in total. The molecule has 0 aromatic heterocycles. The Bertz CT molecular complexity index is 1050. The van der Waals surface area contributed by atoms with Crippen LogP contribution in [0.25, 0.3) is 0 Å². The van der Waals surface area contributed by atoms with Crippen LogP contribution in [0.2, 0.25) is 0 Å². The van der Waals surface area contributed by atoms with Gasteiger partial charge in [0.1, 0.15) is 0 Å². The molecule has 1 aromatic rings. The molecule has 184 valence electrons. The molecule has 4 aliphatic carbocycles. The van der Waals surface area contributed by atoms with Crippen molar-refractivity contribution in [2.75, 3.05) is 6.26 Å². The molecule has 0 heterocycles. The SMILES string of the molecule is CSc1ccc(C2CC(=O)C=C3CC[C@@H]4C(=C32)CC[C@]2(C)C(C(F)(F)C(F)(F)F)CC[C@@H]42)cc1. The smallest absolute Gasteiger partial charge is 0.295 e. The molecule has 0 spiro atoms. The standard InChI is InChI=1S/C27H29F5OS/c1-25-12-11-20-19(22(25)9-10-23(25)26(28,29)27(30,31)32)8-5-16-13-17(33)14-21(24(16)20)15-3-6-18(34-2)7-4-15/h3-4,6-7,13,19,21-23H,5,8-12,14H2,1-2H3/t19-,21?,22+,23?,25+/m1/s1.